The third-order valence-electron chi connectivity index (χ3n) is 3.36. The lowest BCUT2D eigenvalue weighted by Crippen LogP contribution is -2.16. The lowest BCUT2D eigenvalue weighted by Gasteiger charge is -2.11. The third kappa shape index (κ3) is 5.88. The zero-order valence-electron chi connectivity index (χ0n) is 12.8. The van der Waals surface area contributed by atoms with Crippen molar-refractivity contribution in [2.24, 2.45) is 0 Å². The summed E-state index contributed by atoms with van der Waals surface area (Å²) in [6, 6.07) is 18.3. The molecular weight excluding hydrogens is 296 g/mol. The molecule has 0 unspecified atom stereocenters. The number of halogens is 1. The molecule has 3 nitrogen and oxygen atoms in total. The molecule has 0 aliphatic carbocycles. The SMILES string of the molecule is CNCCCC(=O)Nc1ccccc1Cc1ccccc1.Cl. The van der Waals surface area contributed by atoms with E-state index < -0.39 is 0 Å². The summed E-state index contributed by atoms with van der Waals surface area (Å²) in [4.78, 5) is 12.0. The summed E-state index contributed by atoms with van der Waals surface area (Å²) in [7, 11) is 1.90. The smallest absolute Gasteiger partial charge is 0.224 e. The molecule has 0 atom stereocenters. The highest BCUT2D eigenvalue weighted by Crippen LogP contribution is 2.19. The summed E-state index contributed by atoms with van der Waals surface area (Å²) in [5, 5.41) is 6.07. The first-order chi connectivity index (χ1) is 10.3. The van der Waals surface area contributed by atoms with Crippen LogP contribution in [0.3, 0.4) is 0 Å². The van der Waals surface area contributed by atoms with Crippen molar-refractivity contribution in [1.29, 1.82) is 0 Å². The van der Waals surface area contributed by atoms with Gasteiger partial charge >= 0.3 is 0 Å². The lowest BCUT2D eigenvalue weighted by atomic mass is 10.0. The Kier molecular flexibility index (Phi) is 8.26. The molecule has 4 heteroatoms. The monoisotopic (exact) mass is 318 g/mol. The Morgan fingerprint density at radius 1 is 1.00 bits per heavy atom. The van der Waals surface area contributed by atoms with Crippen LogP contribution in [0.4, 0.5) is 5.69 Å². The average Bonchev–Trinajstić information content (AvgIpc) is 2.51. The molecule has 118 valence electrons. The van der Waals surface area contributed by atoms with Crippen molar-refractivity contribution in [3.8, 4) is 0 Å². The minimum atomic E-state index is 0. The van der Waals surface area contributed by atoms with Gasteiger partial charge in [-0.1, -0.05) is 48.5 Å². The van der Waals surface area contributed by atoms with E-state index in [0.29, 0.717) is 6.42 Å². The van der Waals surface area contributed by atoms with Gasteiger partial charge in [0.25, 0.3) is 0 Å². The van der Waals surface area contributed by atoms with E-state index in [1.807, 2.05) is 43.4 Å². The van der Waals surface area contributed by atoms with Crippen LogP contribution in [-0.4, -0.2) is 19.5 Å². The minimum absolute atomic E-state index is 0. The summed E-state index contributed by atoms with van der Waals surface area (Å²) < 4.78 is 0. The number of nitrogens with one attached hydrogen (secondary N) is 2. The van der Waals surface area contributed by atoms with Gasteiger partial charge in [0.15, 0.2) is 0 Å². The van der Waals surface area contributed by atoms with E-state index in [0.717, 1.165) is 30.6 Å². The van der Waals surface area contributed by atoms with Crippen molar-refractivity contribution >= 4 is 24.0 Å². The van der Waals surface area contributed by atoms with Crippen molar-refractivity contribution in [2.75, 3.05) is 18.9 Å². The Labute approximate surface area is 138 Å². The van der Waals surface area contributed by atoms with Gasteiger partial charge in [-0.25, -0.2) is 0 Å². The van der Waals surface area contributed by atoms with Gasteiger partial charge in [-0.15, -0.1) is 12.4 Å². The lowest BCUT2D eigenvalue weighted by molar-refractivity contribution is -0.116. The normalized spacial score (nSPS) is 9.86. The second-order valence-electron chi connectivity index (χ2n) is 5.07. The molecule has 0 bridgehead atoms. The Morgan fingerprint density at radius 2 is 1.68 bits per heavy atom. The van der Waals surface area contributed by atoms with Crippen LogP contribution in [0.1, 0.15) is 24.0 Å². The molecule has 0 radical (unpaired) electrons. The first-order valence-electron chi connectivity index (χ1n) is 7.36. The second-order valence-corrected chi connectivity index (χ2v) is 5.07. The molecule has 0 heterocycles. The van der Waals surface area contributed by atoms with E-state index in [-0.39, 0.29) is 18.3 Å². The number of hydrogen-bond acceptors (Lipinski definition) is 2. The Morgan fingerprint density at radius 3 is 2.41 bits per heavy atom. The number of rotatable bonds is 7. The highest BCUT2D eigenvalue weighted by Gasteiger charge is 2.06. The summed E-state index contributed by atoms with van der Waals surface area (Å²) in [5.74, 6) is 0.0748. The number of carbonyl (C=O) groups is 1. The van der Waals surface area contributed by atoms with E-state index in [1.54, 1.807) is 0 Å². The van der Waals surface area contributed by atoms with Gasteiger partial charge in [0.2, 0.25) is 5.91 Å². The summed E-state index contributed by atoms with van der Waals surface area (Å²) in [6.07, 6.45) is 2.22. The first kappa shape index (κ1) is 18.2. The topological polar surface area (TPSA) is 41.1 Å². The maximum Gasteiger partial charge on any atom is 0.224 e. The van der Waals surface area contributed by atoms with Gasteiger partial charge in [0.1, 0.15) is 0 Å². The molecule has 2 aromatic rings. The number of carbonyl (C=O) groups excluding carboxylic acids is 1. The molecule has 0 aliphatic rings. The van der Waals surface area contributed by atoms with Gasteiger partial charge in [0.05, 0.1) is 0 Å². The molecular formula is C18H23ClN2O. The quantitative estimate of drug-likeness (QED) is 0.765. The van der Waals surface area contributed by atoms with Crippen molar-refractivity contribution in [1.82, 2.24) is 5.32 Å². The average molecular weight is 319 g/mol. The van der Waals surface area contributed by atoms with Crippen molar-refractivity contribution in [3.05, 3.63) is 65.7 Å². The van der Waals surface area contributed by atoms with Crippen LogP contribution in [-0.2, 0) is 11.2 Å². The second kappa shape index (κ2) is 9.98. The number of hydrogen-bond donors (Lipinski definition) is 2. The van der Waals surface area contributed by atoms with Gasteiger partial charge < -0.3 is 10.6 Å². The Hall–Kier alpha value is -1.84. The predicted molar refractivity (Wildman–Crippen MR) is 94.7 cm³/mol. The molecule has 0 aromatic heterocycles. The van der Waals surface area contributed by atoms with E-state index >= 15 is 0 Å². The summed E-state index contributed by atoms with van der Waals surface area (Å²) in [6.45, 7) is 0.860. The fraction of sp³-hybridized carbons (Fsp3) is 0.278. The minimum Gasteiger partial charge on any atom is -0.326 e. The van der Waals surface area contributed by atoms with E-state index in [1.165, 1.54) is 5.56 Å². The highest BCUT2D eigenvalue weighted by atomic mass is 35.5. The molecule has 2 aromatic carbocycles. The van der Waals surface area contributed by atoms with Crippen LogP contribution in [0, 0.1) is 0 Å². The molecule has 2 N–H and O–H groups in total. The number of amides is 1. The molecule has 0 spiro atoms. The first-order valence-corrected chi connectivity index (χ1v) is 7.36. The van der Waals surface area contributed by atoms with Gasteiger partial charge in [-0.2, -0.15) is 0 Å². The third-order valence-corrected chi connectivity index (χ3v) is 3.36. The van der Waals surface area contributed by atoms with Crippen molar-refractivity contribution in [2.45, 2.75) is 19.3 Å². The maximum absolute atomic E-state index is 12.0. The van der Waals surface area contributed by atoms with Gasteiger partial charge in [0, 0.05) is 12.1 Å². The van der Waals surface area contributed by atoms with Crippen molar-refractivity contribution in [3.63, 3.8) is 0 Å². The molecule has 22 heavy (non-hydrogen) atoms. The predicted octanol–water partition coefficient (Wildman–Crippen LogP) is 3.64. The molecule has 0 fully saturated rings. The summed E-state index contributed by atoms with van der Waals surface area (Å²) >= 11 is 0. The van der Waals surface area contributed by atoms with E-state index in [2.05, 4.69) is 28.8 Å². The standard InChI is InChI=1S/C18H22N2O.ClH/c1-19-13-7-12-18(21)20-17-11-6-5-10-16(17)14-15-8-3-2-4-9-15;/h2-6,8-11,19H,7,12-14H2,1H3,(H,20,21);1H. The van der Waals surface area contributed by atoms with Crippen LogP contribution < -0.4 is 10.6 Å². The molecule has 0 saturated heterocycles. The Balaban J connectivity index is 0.00000242. The van der Waals surface area contributed by atoms with Crippen LogP contribution in [0.25, 0.3) is 0 Å². The fourth-order valence-electron chi connectivity index (χ4n) is 2.25. The Bertz CT molecular complexity index is 572. The number of benzene rings is 2. The number of anilines is 1. The zero-order valence-corrected chi connectivity index (χ0v) is 13.7. The number of para-hydroxylation sites is 1. The van der Waals surface area contributed by atoms with Gasteiger partial charge in [-0.3, -0.25) is 4.79 Å². The van der Waals surface area contributed by atoms with Crippen molar-refractivity contribution < 1.29 is 4.79 Å². The zero-order chi connectivity index (χ0) is 14.9. The summed E-state index contributed by atoms with van der Waals surface area (Å²) in [5.41, 5.74) is 3.30. The molecule has 1 amide bonds. The maximum atomic E-state index is 12.0. The highest BCUT2D eigenvalue weighted by molar-refractivity contribution is 5.91. The van der Waals surface area contributed by atoms with E-state index in [4.69, 9.17) is 0 Å². The van der Waals surface area contributed by atoms with Crippen LogP contribution in [0.5, 0.6) is 0 Å². The van der Waals surface area contributed by atoms with Crippen LogP contribution in [0.15, 0.2) is 54.6 Å². The molecule has 0 aliphatic heterocycles. The molecule has 0 saturated carbocycles. The fourth-order valence-corrected chi connectivity index (χ4v) is 2.25. The van der Waals surface area contributed by atoms with Crippen LogP contribution >= 0.6 is 12.4 Å². The largest absolute Gasteiger partial charge is 0.326 e. The van der Waals surface area contributed by atoms with Crippen LogP contribution in [0.2, 0.25) is 0 Å². The van der Waals surface area contributed by atoms with Gasteiger partial charge in [-0.05, 0) is 43.6 Å². The molecule has 2 rings (SSSR count). The van der Waals surface area contributed by atoms with E-state index in [9.17, 15) is 4.79 Å².